The van der Waals surface area contributed by atoms with Gasteiger partial charge in [-0.05, 0) is 44.0 Å². The van der Waals surface area contributed by atoms with Crippen LogP contribution in [0.3, 0.4) is 0 Å². The predicted molar refractivity (Wildman–Crippen MR) is 94.5 cm³/mol. The molecule has 2 aromatic heterocycles. The molecule has 0 bridgehead atoms. The van der Waals surface area contributed by atoms with Crippen molar-refractivity contribution in [2.24, 2.45) is 7.05 Å². The molecule has 0 aliphatic rings. The Labute approximate surface area is 136 Å². The summed E-state index contributed by atoms with van der Waals surface area (Å²) in [5, 5.41) is 2.37. The largest absolute Gasteiger partial charge is 0.456 e. The number of hydrogen-bond acceptors (Lipinski definition) is 1. The van der Waals surface area contributed by atoms with Crippen LogP contribution in [0.5, 0.6) is 0 Å². The molecule has 0 N–H and O–H groups in total. The standard InChI is InChI=1S/C21H20NO/c1-13-11-14(2)15(3)17(12-13)21-20-16-7-5-6-8-18(16)23-19(20)9-10-22(21)4/h5-12H,1-4H3/q+1. The molecule has 4 rings (SSSR count). The lowest BCUT2D eigenvalue weighted by atomic mass is 9.95. The van der Waals surface area contributed by atoms with E-state index in [-0.39, 0.29) is 0 Å². The molecule has 0 aliphatic carbocycles. The highest BCUT2D eigenvalue weighted by Crippen LogP contribution is 2.36. The van der Waals surface area contributed by atoms with E-state index in [1.54, 1.807) is 0 Å². The van der Waals surface area contributed by atoms with Gasteiger partial charge in [0.1, 0.15) is 23.6 Å². The van der Waals surface area contributed by atoms with Crippen LogP contribution < -0.4 is 4.57 Å². The maximum atomic E-state index is 6.06. The van der Waals surface area contributed by atoms with E-state index in [9.17, 15) is 0 Å². The van der Waals surface area contributed by atoms with Crippen LogP contribution in [0.2, 0.25) is 0 Å². The maximum absolute atomic E-state index is 6.06. The van der Waals surface area contributed by atoms with Gasteiger partial charge in [0.05, 0.1) is 5.56 Å². The molecule has 0 aliphatic heterocycles. The monoisotopic (exact) mass is 302 g/mol. The predicted octanol–water partition coefficient (Wildman–Crippen LogP) is 5.00. The van der Waals surface area contributed by atoms with E-state index in [0.29, 0.717) is 0 Å². The fourth-order valence-electron chi connectivity index (χ4n) is 3.47. The number of benzene rings is 2. The molecule has 114 valence electrons. The van der Waals surface area contributed by atoms with Crippen LogP contribution in [0.4, 0.5) is 0 Å². The van der Waals surface area contributed by atoms with Gasteiger partial charge < -0.3 is 4.42 Å². The second kappa shape index (κ2) is 4.95. The summed E-state index contributed by atoms with van der Waals surface area (Å²) in [6.07, 6.45) is 2.08. The van der Waals surface area contributed by atoms with E-state index in [1.165, 1.54) is 38.7 Å². The van der Waals surface area contributed by atoms with Crippen molar-refractivity contribution in [2.75, 3.05) is 0 Å². The van der Waals surface area contributed by atoms with E-state index in [1.807, 2.05) is 12.1 Å². The summed E-state index contributed by atoms with van der Waals surface area (Å²) in [5.41, 5.74) is 8.32. The Balaban J connectivity index is 2.21. The van der Waals surface area contributed by atoms with Gasteiger partial charge >= 0.3 is 0 Å². The van der Waals surface area contributed by atoms with Crippen molar-refractivity contribution in [3.8, 4) is 11.3 Å². The molecule has 0 radical (unpaired) electrons. The molecule has 0 saturated carbocycles. The Kier molecular flexibility index (Phi) is 3.02. The van der Waals surface area contributed by atoms with Gasteiger partial charge in [0.25, 0.3) is 0 Å². The Bertz CT molecular complexity index is 1060. The first kappa shape index (κ1) is 14.0. The first-order valence-corrected chi connectivity index (χ1v) is 7.94. The quantitative estimate of drug-likeness (QED) is 0.452. The zero-order chi connectivity index (χ0) is 16.1. The van der Waals surface area contributed by atoms with Crippen molar-refractivity contribution >= 4 is 21.9 Å². The summed E-state index contributed by atoms with van der Waals surface area (Å²) in [6, 6.07) is 14.8. The molecule has 0 atom stereocenters. The molecular weight excluding hydrogens is 282 g/mol. The van der Waals surface area contributed by atoms with Crippen LogP contribution in [0, 0.1) is 20.8 Å². The highest BCUT2D eigenvalue weighted by molar-refractivity contribution is 6.10. The van der Waals surface area contributed by atoms with Gasteiger partial charge in [-0.1, -0.05) is 29.8 Å². The van der Waals surface area contributed by atoms with Crippen LogP contribution in [-0.4, -0.2) is 0 Å². The minimum absolute atomic E-state index is 0.942. The molecule has 23 heavy (non-hydrogen) atoms. The lowest BCUT2D eigenvalue weighted by molar-refractivity contribution is -0.659. The van der Waals surface area contributed by atoms with E-state index < -0.39 is 0 Å². The van der Waals surface area contributed by atoms with Crippen molar-refractivity contribution in [3.05, 3.63) is 65.4 Å². The molecule has 0 spiro atoms. The van der Waals surface area contributed by atoms with Gasteiger partial charge in [0.15, 0.2) is 6.20 Å². The number of furan rings is 1. The number of fused-ring (bicyclic) bond motifs is 3. The summed E-state index contributed by atoms with van der Waals surface area (Å²) in [4.78, 5) is 0. The number of rotatable bonds is 1. The Morgan fingerprint density at radius 3 is 2.52 bits per heavy atom. The fourth-order valence-corrected chi connectivity index (χ4v) is 3.47. The van der Waals surface area contributed by atoms with Crippen LogP contribution in [0.1, 0.15) is 16.7 Å². The number of pyridine rings is 1. The van der Waals surface area contributed by atoms with Crippen LogP contribution in [0.15, 0.2) is 53.1 Å². The normalized spacial score (nSPS) is 11.5. The van der Waals surface area contributed by atoms with E-state index in [2.05, 4.69) is 68.9 Å². The van der Waals surface area contributed by atoms with Crippen LogP contribution in [-0.2, 0) is 7.05 Å². The molecule has 0 saturated heterocycles. The topological polar surface area (TPSA) is 17.0 Å². The van der Waals surface area contributed by atoms with Gasteiger partial charge in [0, 0.05) is 11.5 Å². The summed E-state index contributed by atoms with van der Waals surface area (Å²) in [6.45, 7) is 6.54. The Hall–Kier alpha value is -2.61. The van der Waals surface area contributed by atoms with Gasteiger partial charge in [-0.3, -0.25) is 0 Å². The average molecular weight is 302 g/mol. The van der Waals surface area contributed by atoms with Gasteiger partial charge in [-0.15, -0.1) is 0 Å². The van der Waals surface area contributed by atoms with Crippen molar-refractivity contribution in [1.29, 1.82) is 0 Å². The number of aryl methyl sites for hydroxylation is 3. The second-order valence-electron chi connectivity index (χ2n) is 6.37. The van der Waals surface area contributed by atoms with Crippen molar-refractivity contribution < 1.29 is 8.98 Å². The zero-order valence-corrected chi connectivity index (χ0v) is 14.0. The van der Waals surface area contributed by atoms with Crippen molar-refractivity contribution in [1.82, 2.24) is 0 Å². The molecule has 0 unspecified atom stereocenters. The molecular formula is C21H20NO+. The van der Waals surface area contributed by atoms with E-state index in [4.69, 9.17) is 4.42 Å². The van der Waals surface area contributed by atoms with Crippen molar-refractivity contribution in [2.45, 2.75) is 20.8 Å². The zero-order valence-electron chi connectivity index (χ0n) is 14.0. The smallest absolute Gasteiger partial charge is 0.224 e. The highest BCUT2D eigenvalue weighted by atomic mass is 16.3. The highest BCUT2D eigenvalue weighted by Gasteiger charge is 2.22. The molecule has 0 fully saturated rings. The van der Waals surface area contributed by atoms with Crippen LogP contribution in [0.25, 0.3) is 33.2 Å². The minimum Gasteiger partial charge on any atom is -0.456 e. The lowest BCUT2D eigenvalue weighted by Gasteiger charge is -2.10. The SMILES string of the molecule is Cc1cc(C)c(C)c(-c2c3c(cc[n+]2C)oc2ccccc23)c1. The maximum Gasteiger partial charge on any atom is 0.224 e. The summed E-state index contributed by atoms with van der Waals surface area (Å²) < 4.78 is 8.26. The lowest BCUT2D eigenvalue weighted by Crippen LogP contribution is -2.30. The summed E-state index contributed by atoms with van der Waals surface area (Å²) in [7, 11) is 2.10. The minimum atomic E-state index is 0.942. The van der Waals surface area contributed by atoms with E-state index >= 15 is 0 Å². The molecule has 2 aromatic carbocycles. The van der Waals surface area contributed by atoms with Crippen LogP contribution >= 0.6 is 0 Å². The average Bonchev–Trinajstić information content (AvgIpc) is 2.90. The molecule has 2 nitrogen and oxygen atoms in total. The number of para-hydroxylation sites is 1. The first-order chi connectivity index (χ1) is 11.1. The van der Waals surface area contributed by atoms with Gasteiger partial charge in [-0.25, -0.2) is 4.57 Å². The third kappa shape index (κ3) is 2.06. The van der Waals surface area contributed by atoms with Crippen molar-refractivity contribution in [3.63, 3.8) is 0 Å². The second-order valence-corrected chi connectivity index (χ2v) is 6.37. The number of aromatic nitrogens is 1. The third-order valence-electron chi connectivity index (χ3n) is 4.73. The number of nitrogens with zero attached hydrogens (tertiary/aromatic N) is 1. The van der Waals surface area contributed by atoms with E-state index in [0.717, 1.165) is 11.2 Å². The summed E-state index contributed by atoms with van der Waals surface area (Å²) in [5.74, 6) is 0. The summed E-state index contributed by atoms with van der Waals surface area (Å²) >= 11 is 0. The molecule has 2 heteroatoms. The third-order valence-corrected chi connectivity index (χ3v) is 4.73. The first-order valence-electron chi connectivity index (χ1n) is 7.94. The van der Waals surface area contributed by atoms with Gasteiger partial charge in [0.2, 0.25) is 5.69 Å². The Morgan fingerprint density at radius 2 is 1.70 bits per heavy atom. The number of hydrogen-bond donors (Lipinski definition) is 0. The molecule has 0 amide bonds. The molecule has 2 heterocycles. The Morgan fingerprint density at radius 1 is 0.913 bits per heavy atom. The van der Waals surface area contributed by atoms with Gasteiger partial charge in [-0.2, -0.15) is 0 Å². The fraction of sp³-hybridized carbons (Fsp3) is 0.190. The molecule has 4 aromatic rings.